The largest absolute Gasteiger partial charge is 0.481 e. The summed E-state index contributed by atoms with van der Waals surface area (Å²) in [6.07, 6.45) is 3.96. The summed E-state index contributed by atoms with van der Waals surface area (Å²) in [5.41, 5.74) is 6.26. The normalized spacial score (nSPS) is 21.0. The standard InChI is InChI=1S/C17H29N5O2S.C2H4O2/c1-11-9-21(16(23)14(18)17(2,3)25-4)10-13-19-20-15(22(11)13)12-5-7-24-8-6-12;1-2(3)4/h11-12,14H,5-10,18H2,1-4H3;1H3,(H,3,4)/t11-,14+;/m0./s1. The number of aromatic nitrogens is 3. The van der Waals surface area contributed by atoms with Crippen molar-refractivity contribution in [2.24, 2.45) is 5.73 Å². The molecule has 164 valence electrons. The van der Waals surface area contributed by atoms with Crippen LogP contribution in [0.2, 0.25) is 0 Å². The van der Waals surface area contributed by atoms with Crippen LogP contribution in [0.15, 0.2) is 0 Å². The highest BCUT2D eigenvalue weighted by Crippen LogP contribution is 2.32. The maximum atomic E-state index is 12.9. The highest BCUT2D eigenvalue weighted by Gasteiger charge is 2.38. The first-order valence-electron chi connectivity index (χ1n) is 9.89. The van der Waals surface area contributed by atoms with Crippen LogP contribution in [-0.2, 0) is 20.9 Å². The maximum absolute atomic E-state index is 12.9. The minimum Gasteiger partial charge on any atom is -0.481 e. The second-order valence-electron chi connectivity index (χ2n) is 8.10. The number of hydrogen-bond donors (Lipinski definition) is 2. The van der Waals surface area contributed by atoms with Gasteiger partial charge in [0.15, 0.2) is 5.82 Å². The van der Waals surface area contributed by atoms with Crippen LogP contribution in [0.25, 0.3) is 0 Å². The van der Waals surface area contributed by atoms with Crippen molar-refractivity contribution in [2.45, 2.75) is 69.8 Å². The summed E-state index contributed by atoms with van der Waals surface area (Å²) < 4.78 is 7.39. The molecule has 1 aromatic heterocycles. The first kappa shape index (κ1) is 23.6. The second kappa shape index (κ2) is 9.90. The van der Waals surface area contributed by atoms with E-state index >= 15 is 0 Å². The van der Waals surface area contributed by atoms with Gasteiger partial charge in [0.2, 0.25) is 5.91 Å². The van der Waals surface area contributed by atoms with Gasteiger partial charge in [-0.25, -0.2) is 0 Å². The van der Waals surface area contributed by atoms with Gasteiger partial charge in [-0.15, -0.1) is 10.2 Å². The van der Waals surface area contributed by atoms with E-state index in [4.69, 9.17) is 20.4 Å². The van der Waals surface area contributed by atoms with Gasteiger partial charge in [0, 0.05) is 37.3 Å². The lowest BCUT2D eigenvalue weighted by Crippen LogP contribution is -2.55. The van der Waals surface area contributed by atoms with Gasteiger partial charge in [0.1, 0.15) is 5.82 Å². The third-order valence-corrected chi connectivity index (χ3v) is 6.80. The molecule has 1 saturated heterocycles. The van der Waals surface area contributed by atoms with E-state index in [9.17, 15) is 4.79 Å². The number of nitrogens with zero attached hydrogens (tertiary/aromatic N) is 4. The molecule has 2 aliphatic rings. The van der Waals surface area contributed by atoms with Crippen molar-refractivity contribution in [1.29, 1.82) is 0 Å². The fraction of sp³-hybridized carbons (Fsp3) is 0.789. The van der Waals surface area contributed by atoms with Crippen LogP contribution in [0.1, 0.15) is 64.1 Å². The van der Waals surface area contributed by atoms with Gasteiger partial charge in [0.25, 0.3) is 5.97 Å². The summed E-state index contributed by atoms with van der Waals surface area (Å²) in [6.45, 7) is 9.93. The smallest absolute Gasteiger partial charge is 0.300 e. The Morgan fingerprint density at radius 3 is 2.45 bits per heavy atom. The van der Waals surface area contributed by atoms with Gasteiger partial charge in [-0.3, -0.25) is 9.59 Å². The van der Waals surface area contributed by atoms with Gasteiger partial charge in [-0.05, 0) is 39.9 Å². The molecule has 9 nitrogen and oxygen atoms in total. The molecule has 3 heterocycles. The number of hydrogen-bond acceptors (Lipinski definition) is 7. The quantitative estimate of drug-likeness (QED) is 0.743. The van der Waals surface area contributed by atoms with Crippen molar-refractivity contribution < 1.29 is 19.4 Å². The Hall–Kier alpha value is -1.65. The number of carbonyl (C=O) groups is 2. The monoisotopic (exact) mass is 427 g/mol. The minimum absolute atomic E-state index is 0.00642. The molecular formula is C19H33N5O4S. The predicted molar refractivity (Wildman–Crippen MR) is 112 cm³/mol. The summed E-state index contributed by atoms with van der Waals surface area (Å²) in [5, 5.41) is 16.3. The number of thioether (sulfide) groups is 1. The van der Waals surface area contributed by atoms with Gasteiger partial charge in [-0.1, -0.05) is 0 Å². The number of ether oxygens (including phenoxy) is 1. The fourth-order valence-electron chi connectivity index (χ4n) is 3.58. The molecule has 2 atom stereocenters. The average molecular weight is 428 g/mol. The molecule has 3 N–H and O–H groups in total. The molecule has 0 radical (unpaired) electrons. The third-order valence-electron chi connectivity index (χ3n) is 5.49. The van der Waals surface area contributed by atoms with E-state index in [-0.39, 0.29) is 16.7 Å². The van der Waals surface area contributed by atoms with E-state index in [0.29, 0.717) is 19.0 Å². The number of amides is 1. The molecule has 1 fully saturated rings. The number of rotatable bonds is 4. The lowest BCUT2D eigenvalue weighted by Gasteiger charge is -2.38. The third kappa shape index (κ3) is 5.70. The van der Waals surface area contributed by atoms with Crippen LogP contribution in [0.5, 0.6) is 0 Å². The second-order valence-corrected chi connectivity index (χ2v) is 9.56. The molecule has 0 bridgehead atoms. The van der Waals surface area contributed by atoms with Crippen LogP contribution >= 0.6 is 11.8 Å². The topological polar surface area (TPSA) is 124 Å². The first-order valence-corrected chi connectivity index (χ1v) is 11.1. The van der Waals surface area contributed by atoms with Crippen molar-refractivity contribution in [3.63, 3.8) is 0 Å². The average Bonchev–Trinajstić information content (AvgIpc) is 3.11. The number of carboxylic acids is 1. The Bertz CT molecular complexity index is 713. The van der Waals surface area contributed by atoms with Crippen molar-refractivity contribution in [2.75, 3.05) is 26.0 Å². The molecule has 3 rings (SSSR count). The molecule has 1 aromatic rings. The van der Waals surface area contributed by atoms with Crippen LogP contribution < -0.4 is 5.73 Å². The summed E-state index contributed by atoms with van der Waals surface area (Å²) >= 11 is 1.62. The number of nitrogens with two attached hydrogens (primary N) is 1. The molecule has 0 aromatic carbocycles. The lowest BCUT2D eigenvalue weighted by molar-refractivity contribution is -0.135. The van der Waals surface area contributed by atoms with Gasteiger partial charge < -0.3 is 25.0 Å². The Morgan fingerprint density at radius 1 is 1.31 bits per heavy atom. The zero-order chi connectivity index (χ0) is 21.8. The highest BCUT2D eigenvalue weighted by molar-refractivity contribution is 8.00. The van der Waals surface area contributed by atoms with Gasteiger partial charge >= 0.3 is 0 Å². The van der Waals surface area contributed by atoms with Crippen LogP contribution in [0.4, 0.5) is 0 Å². The van der Waals surface area contributed by atoms with E-state index in [1.54, 1.807) is 11.8 Å². The van der Waals surface area contributed by atoms with E-state index in [1.807, 2.05) is 25.0 Å². The number of fused-ring (bicyclic) bond motifs is 1. The van der Waals surface area contributed by atoms with Gasteiger partial charge in [-0.2, -0.15) is 11.8 Å². The van der Waals surface area contributed by atoms with Crippen molar-refractivity contribution >= 4 is 23.6 Å². The van der Waals surface area contributed by atoms with Crippen LogP contribution in [-0.4, -0.2) is 73.5 Å². The van der Waals surface area contributed by atoms with E-state index in [2.05, 4.69) is 21.7 Å². The summed E-state index contributed by atoms with van der Waals surface area (Å²) in [5.74, 6) is 1.47. The van der Waals surface area contributed by atoms with Gasteiger partial charge in [0.05, 0.1) is 18.6 Å². The van der Waals surface area contributed by atoms with E-state index < -0.39 is 12.0 Å². The Kier molecular flexibility index (Phi) is 8.07. The Labute approximate surface area is 176 Å². The summed E-state index contributed by atoms with van der Waals surface area (Å²) in [4.78, 5) is 23.7. The molecule has 1 amide bonds. The highest BCUT2D eigenvalue weighted by atomic mass is 32.2. The fourth-order valence-corrected chi connectivity index (χ4v) is 3.94. The van der Waals surface area contributed by atoms with E-state index in [0.717, 1.165) is 44.6 Å². The molecule has 2 aliphatic heterocycles. The predicted octanol–water partition coefficient (Wildman–Crippen LogP) is 1.64. The molecule has 0 aliphatic carbocycles. The van der Waals surface area contributed by atoms with Crippen LogP contribution in [0, 0.1) is 0 Å². The van der Waals surface area contributed by atoms with Crippen molar-refractivity contribution in [3.8, 4) is 0 Å². The Morgan fingerprint density at radius 2 is 1.90 bits per heavy atom. The maximum Gasteiger partial charge on any atom is 0.300 e. The molecule has 0 unspecified atom stereocenters. The zero-order valence-corrected chi connectivity index (χ0v) is 18.7. The lowest BCUT2D eigenvalue weighted by atomic mass is 9.98. The van der Waals surface area contributed by atoms with Crippen LogP contribution in [0.3, 0.4) is 0 Å². The minimum atomic E-state index is -0.833. The Balaban J connectivity index is 0.000000687. The summed E-state index contributed by atoms with van der Waals surface area (Å²) in [7, 11) is 0. The van der Waals surface area contributed by atoms with Crippen molar-refractivity contribution in [3.05, 3.63) is 11.6 Å². The van der Waals surface area contributed by atoms with Crippen molar-refractivity contribution in [1.82, 2.24) is 19.7 Å². The number of carbonyl (C=O) groups excluding carboxylic acids is 1. The SMILES string of the molecule is CC(=O)O.CSC(C)(C)[C@H](N)C(=O)N1Cc2nnc(C3CCOCC3)n2[C@@H](C)C1. The molecule has 0 spiro atoms. The number of carboxylic acid groups (broad SMARTS) is 1. The summed E-state index contributed by atoms with van der Waals surface area (Å²) in [6, 6.07) is -0.371. The molecular weight excluding hydrogens is 394 g/mol. The molecule has 29 heavy (non-hydrogen) atoms. The molecule has 0 saturated carbocycles. The first-order chi connectivity index (χ1) is 13.6. The molecule has 10 heteroatoms. The number of aliphatic carboxylic acids is 1. The van der Waals surface area contributed by atoms with E-state index in [1.165, 1.54) is 0 Å². The zero-order valence-electron chi connectivity index (χ0n) is 17.9.